The molecular weight excluding hydrogens is 483 g/mol. The topological polar surface area (TPSA) is 78.2 Å². The summed E-state index contributed by atoms with van der Waals surface area (Å²) in [5.41, 5.74) is 1.84. The lowest BCUT2D eigenvalue weighted by atomic mass is 10.0. The van der Waals surface area contributed by atoms with Gasteiger partial charge < -0.3 is 15.0 Å². The summed E-state index contributed by atoms with van der Waals surface area (Å²) in [4.78, 5) is 19.4. The second-order valence-electron chi connectivity index (χ2n) is 7.46. The Kier molecular flexibility index (Phi) is 8.54. The maximum atomic E-state index is 13.1. The molecule has 0 saturated heterocycles. The lowest BCUT2D eigenvalue weighted by molar-refractivity contribution is 0.0942. The lowest BCUT2D eigenvalue weighted by Crippen LogP contribution is -2.30. The van der Waals surface area contributed by atoms with Gasteiger partial charge in [0.1, 0.15) is 18.4 Å². The predicted octanol–water partition coefficient (Wildman–Crippen LogP) is 5.37. The Morgan fingerprint density at radius 2 is 1.91 bits per heavy atom. The molecular formula is C24H21Cl3N4O2. The molecule has 0 aliphatic rings. The molecule has 9 heteroatoms. The second kappa shape index (κ2) is 11.4. The zero-order chi connectivity index (χ0) is 24.0. The number of nitriles is 1. The summed E-state index contributed by atoms with van der Waals surface area (Å²) in [6.45, 7) is 1.13. The smallest absolute Gasteiger partial charge is 0.252 e. The highest BCUT2D eigenvalue weighted by molar-refractivity contribution is 6.42. The third-order valence-corrected chi connectivity index (χ3v) is 5.72. The Balaban J connectivity index is 1.88. The third kappa shape index (κ3) is 6.59. The molecule has 170 valence electrons. The fourth-order valence-corrected chi connectivity index (χ4v) is 3.43. The molecule has 0 fully saturated rings. The van der Waals surface area contributed by atoms with Crippen molar-refractivity contribution in [1.29, 1.82) is 5.26 Å². The average molecular weight is 504 g/mol. The highest BCUT2D eigenvalue weighted by Gasteiger charge is 2.21. The van der Waals surface area contributed by atoms with Crippen LogP contribution in [0.5, 0.6) is 5.75 Å². The Morgan fingerprint density at radius 3 is 2.55 bits per heavy atom. The van der Waals surface area contributed by atoms with Crippen LogP contribution >= 0.6 is 34.8 Å². The van der Waals surface area contributed by atoms with Crippen LogP contribution in [0.25, 0.3) is 0 Å². The quantitative estimate of drug-likeness (QED) is 0.447. The van der Waals surface area contributed by atoms with Gasteiger partial charge in [-0.3, -0.25) is 9.78 Å². The van der Waals surface area contributed by atoms with E-state index in [-0.39, 0.29) is 11.5 Å². The number of pyridine rings is 1. The summed E-state index contributed by atoms with van der Waals surface area (Å²) >= 11 is 18.2. The van der Waals surface area contributed by atoms with Crippen LogP contribution in [0.2, 0.25) is 15.1 Å². The monoisotopic (exact) mass is 502 g/mol. The van der Waals surface area contributed by atoms with Crippen molar-refractivity contribution < 1.29 is 9.53 Å². The lowest BCUT2D eigenvalue weighted by Gasteiger charge is -2.20. The molecule has 1 heterocycles. The number of carbonyl (C=O) groups is 1. The van der Waals surface area contributed by atoms with Crippen LogP contribution in [0.4, 0.5) is 0 Å². The largest absolute Gasteiger partial charge is 0.491 e. The molecule has 33 heavy (non-hydrogen) atoms. The molecule has 1 atom stereocenters. The summed E-state index contributed by atoms with van der Waals surface area (Å²) in [5, 5.41) is 13.7. The molecule has 1 N–H and O–H groups in total. The number of nitrogens with one attached hydrogen (secondary N) is 1. The Morgan fingerprint density at radius 1 is 1.12 bits per heavy atom. The van der Waals surface area contributed by atoms with E-state index >= 15 is 0 Å². The van der Waals surface area contributed by atoms with Gasteiger partial charge in [0.2, 0.25) is 0 Å². The number of amides is 1. The van der Waals surface area contributed by atoms with Crippen LogP contribution in [0.3, 0.4) is 0 Å². The number of aromatic nitrogens is 1. The van der Waals surface area contributed by atoms with Gasteiger partial charge in [-0.25, -0.2) is 0 Å². The maximum absolute atomic E-state index is 13.1. The van der Waals surface area contributed by atoms with Crippen LogP contribution in [-0.2, 0) is 0 Å². The molecule has 0 aliphatic heterocycles. The molecule has 0 bridgehead atoms. The van der Waals surface area contributed by atoms with Crippen LogP contribution in [0, 0.1) is 11.3 Å². The van der Waals surface area contributed by atoms with Crippen molar-refractivity contribution in [3.63, 3.8) is 0 Å². The molecule has 0 radical (unpaired) electrons. The van der Waals surface area contributed by atoms with Gasteiger partial charge in [-0.15, -0.1) is 0 Å². The van der Waals surface area contributed by atoms with Crippen molar-refractivity contribution in [3.05, 3.63) is 92.2 Å². The first-order valence-corrected chi connectivity index (χ1v) is 11.1. The van der Waals surface area contributed by atoms with E-state index in [0.717, 1.165) is 0 Å². The van der Waals surface area contributed by atoms with E-state index in [9.17, 15) is 10.1 Å². The number of benzene rings is 2. The van der Waals surface area contributed by atoms with Gasteiger partial charge in [0.25, 0.3) is 5.91 Å². The van der Waals surface area contributed by atoms with Crippen LogP contribution in [0.15, 0.2) is 54.7 Å². The molecule has 2 aromatic carbocycles. The zero-order valence-electron chi connectivity index (χ0n) is 18.0. The molecule has 3 aromatic rings. The first-order valence-electron chi connectivity index (χ1n) is 9.97. The fourth-order valence-electron chi connectivity index (χ4n) is 3.02. The van der Waals surface area contributed by atoms with Gasteiger partial charge in [0, 0.05) is 18.3 Å². The Bertz CT molecular complexity index is 1180. The zero-order valence-corrected chi connectivity index (χ0v) is 20.2. The number of likely N-dealkylation sites (N-methyl/N-ethyl adjacent to an activating group) is 1. The number of hydrogen-bond acceptors (Lipinski definition) is 5. The molecule has 0 aliphatic carbocycles. The number of rotatable bonds is 8. The summed E-state index contributed by atoms with van der Waals surface area (Å²) in [6, 6.07) is 14.7. The molecule has 0 saturated carbocycles. The predicted molar refractivity (Wildman–Crippen MR) is 130 cm³/mol. The van der Waals surface area contributed by atoms with E-state index in [2.05, 4.69) is 16.4 Å². The normalized spacial score (nSPS) is 11.7. The summed E-state index contributed by atoms with van der Waals surface area (Å²) in [7, 11) is 3.86. The number of halogens is 3. The fraction of sp³-hybridized carbons (Fsp3) is 0.208. The van der Waals surface area contributed by atoms with E-state index in [0.29, 0.717) is 50.8 Å². The number of ether oxygens (including phenoxy) is 1. The van der Waals surface area contributed by atoms with Gasteiger partial charge in [0.15, 0.2) is 0 Å². The third-order valence-electron chi connectivity index (χ3n) is 4.76. The highest BCUT2D eigenvalue weighted by atomic mass is 35.5. The van der Waals surface area contributed by atoms with E-state index in [1.165, 1.54) is 12.3 Å². The standard InChI is InChI=1S/C24H21Cl3N4O2/c1-31(2)9-10-33-22-8-4-16(11-17(22)13-28)24(32)30-23(21-7-5-18(25)14-29-21)15-3-6-19(26)20(27)12-15/h3-8,11-12,14,23H,9-10H2,1-2H3,(H,30,32)/t23-/m0/s1. The minimum atomic E-state index is -0.619. The molecule has 0 spiro atoms. The van der Waals surface area contributed by atoms with E-state index in [1.807, 2.05) is 19.0 Å². The summed E-state index contributed by atoms with van der Waals surface area (Å²) < 4.78 is 5.68. The van der Waals surface area contributed by atoms with Crippen molar-refractivity contribution in [3.8, 4) is 11.8 Å². The number of carbonyl (C=O) groups excluding carboxylic acids is 1. The van der Waals surface area contributed by atoms with Gasteiger partial charge in [0.05, 0.1) is 32.4 Å². The van der Waals surface area contributed by atoms with Crippen LogP contribution in [-0.4, -0.2) is 43.0 Å². The molecule has 1 amide bonds. The van der Waals surface area contributed by atoms with Crippen molar-refractivity contribution in [1.82, 2.24) is 15.2 Å². The minimum absolute atomic E-state index is 0.275. The second-order valence-corrected chi connectivity index (χ2v) is 8.71. The van der Waals surface area contributed by atoms with Crippen LogP contribution < -0.4 is 10.1 Å². The van der Waals surface area contributed by atoms with Gasteiger partial charge in [-0.05, 0) is 62.1 Å². The molecule has 0 unspecified atom stereocenters. The first-order chi connectivity index (χ1) is 15.8. The van der Waals surface area contributed by atoms with Gasteiger partial charge >= 0.3 is 0 Å². The van der Waals surface area contributed by atoms with Gasteiger partial charge in [-0.2, -0.15) is 5.26 Å². The number of nitrogens with zero attached hydrogens (tertiary/aromatic N) is 3. The SMILES string of the molecule is CN(C)CCOc1ccc(C(=O)N[C@@H](c2ccc(Cl)c(Cl)c2)c2ccc(Cl)cn2)cc1C#N. The van der Waals surface area contributed by atoms with E-state index in [4.69, 9.17) is 39.5 Å². The van der Waals surface area contributed by atoms with Crippen LogP contribution in [0.1, 0.15) is 33.2 Å². The average Bonchev–Trinajstić information content (AvgIpc) is 2.80. The van der Waals surface area contributed by atoms with E-state index < -0.39 is 6.04 Å². The van der Waals surface area contributed by atoms with E-state index in [1.54, 1.807) is 42.5 Å². The molecule has 6 nitrogen and oxygen atoms in total. The van der Waals surface area contributed by atoms with Crippen molar-refractivity contribution in [2.75, 3.05) is 27.2 Å². The molecule has 3 rings (SSSR count). The highest BCUT2D eigenvalue weighted by Crippen LogP contribution is 2.29. The number of hydrogen-bond donors (Lipinski definition) is 1. The van der Waals surface area contributed by atoms with Crippen molar-refractivity contribution in [2.45, 2.75) is 6.04 Å². The summed E-state index contributed by atoms with van der Waals surface area (Å²) in [6.07, 6.45) is 1.50. The maximum Gasteiger partial charge on any atom is 0.252 e. The van der Waals surface area contributed by atoms with Gasteiger partial charge in [-0.1, -0.05) is 40.9 Å². The first kappa shape index (κ1) is 24.8. The summed E-state index contributed by atoms with van der Waals surface area (Å²) in [5.74, 6) is 0.0375. The van der Waals surface area contributed by atoms with Crippen molar-refractivity contribution in [2.24, 2.45) is 0 Å². The Hall–Kier alpha value is -2.82. The minimum Gasteiger partial charge on any atom is -0.491 e. The van der Waals surface area contributed by atoms with Crippen molar-refractivity contribution >= 4 is 40.7 Å². The molecule has 1 aromatic heterocycles. The Labute approximate surface area is 207 Å².